The highest BCUT2D eigenvalue weighted by Crippen LogP contribution is 2.31. The minimum atomic E-state index is -0.274. The van der Waals surface area contributed by atoms with Gasteiger partial charge in [-0.2, -0.15) is 0 Å². The number of aromatic nitrogens is 1. The first-order valence-corrected chi connectivity index (χ1v) is 6.82. The van der Waals surface area contributed by atoms with Crippen LogP contribution < -0.4 is 5.32 Å². The third kappa shape index (κ3) is 2.26. The van der Waals surface area contributed by atoms with E-state index >= 15 is 0 Å². The Hall–Kier alpha value is -1.75. The number of carbonyl (C=O) groups is 2. The van der Waals surface area contributed by atoms with Crippen molar-refractivity contribution >= 4 is 38.5 Å². The second kappa shape index (κ2) is 4.74. The fraction of sp³-hybridized carbons (Fsp3) is 0.214. The van der Waals surface area contributed by atoms with Gasteiger partial charge in [0.25, 0.3) is 0 Å². The fourth-order valence-corrected chi connectivity index (χ4v) is 2.81. The molecule has 2 amide bonds. The van der Waals surface area contributed by atoms with Crippen LogP contribution in [-0.4, -0.2) is 16.8 Å². The molecule has 0 radical (unpaired) electrons. The molecule has 0 saturated carbocycles. The number of pyridine rings is 1. The van der Waals surface area contributed by atoms with Crippen LogP contribution in [0.1, 0.15) is 24.3 Å². The van der Waals surface area contributed by atoms with Crippen LogP contribution in [0, 0.1) is 0 Å². The van der Waals surface area contributed by atoms with Crippen LogP contribution in [0.15, 0.2) is 35.1 Å². The molecule has 1 fully saturated rings. The van der Waals surface area contributed by atoms with Gasteiger partial charge in [0.2, 0.25) is 11.8 Å². The summed E-state index contributed by atoms with van der Waals surface area (Å²) in [5, 5.41) is 4.39. The highest BCUT2D eigenvalue weighted by molar-refractivity contribution is 9.10. The van der Waals surface area contributed by atoms with Crippen molar-refractivity contribution in [2.45, 2.75) is 18.8 Å². The molecule has 5 heteroatoms. The quantitative estimate of drug-likeness (QED) is 0.649. The molecule has 1 aliphatic heterocycles. The average molecular weight is 319 g/mol. The van der Waals surface area contributed by atoms with Gasteiger partial charge in [0.1, 0.15) is 4.60 Å². The van der Waals surface area contributed by atoms with Gasteiger partial charge < -0.3 is 0 Å². The Morgan fingerprint density at radius 3 is 2.95 bits per heavy atom. The summed E-state index contributed by atoms with van der Waals surface area (Å²) < 4.78 is 0.764. The van der Waals surface area contributed by atoms with Crippen molar-refractivity contribution in [1.82, 2.24) is 10.3 Å². The van der Waals surface area contributed by atoms with E-state index in [1.807, 2.05) is 24.3 Å². The zero-order chi connectivity index (χ0) is 13.4. The predicted octanol–water partition coefficient (Wildman–Crippen LogP) is 2.52. The molecule has 1 saturated heterocycles. The third-order valence-corrected chi connectivity index (χ3v) is 3.81. The highest BCUT2D eigenvalue weighted by atomic mass is 79.9. The molecule has 1 aromatic carbocycles. The number of nitrogens with one attached hydrogen (secondary N) is 1. The van der Waals surface area contributed by atoms with Crippen LogP contribution >= 0.6 is 15.9 Å². The van der Waals surface area contributed by atoms with Crippen molar-refractivity contribution in [2.75, 3.05) is 0 Å². The van der Waals surface area contributed by atoms with Crippen molar-refractivity contribution < 1.29 is 9.59 Å². The lowest BCUT2D eigenvalue weighted by Gasteiger charge is -2.22. The Morgan fingerprint density at radius 2 is 2.16 bits per heavy atom. The smallest absolute Gasteiger partial charge is 0.234 e. The number of halogens is 1. The molecule has 2 aromatic rings. The Balaban J connectivity index is 2.10. The zero-order valence-electron chi connectivity index (χ0n) is 10.0. The average Bonchev–Trinajstić information content (AvgIpc) is 2.38. The van der Waals surface area contributed by atoms with Gasteiger partial charge in [0.05, 0.1) is 5.92 Å². The summed E-state index contributed by atoms with van der Waals surface area (Å²) in [5.41, 5.74) is 0.933. The lowest BCUT2D eigenvalue weighted by Crippen LogP contribution is -2.39. The van der Waals surface area contributed by atoms with Crippen LogP contribution in [0.2, 0.25) is 0 Å². The van der Waals surface area contributed by atoms with Crippen molar-refractivity contribution in [3.8, 4) is 0 Å². The zero-order valence-corrected chi connectivity index (χ0v) is 11.6. The molecule has 19 heavy (non-hydrogen) atoms. The molecule has 1 unspecified atom stereocenters. The lowest BCUT2D eigenvalue weighted by atomic mass is 9.88. The number of hydrogen-bond donors (Lipinski definition) is 1. The maximum absolute atomic E-state index is 12.0. The van der Waals surface area contributed by atoms with E-state index in [1.54, 1.807) is 6.20 Å². The first-order valence-electron chi connectivity index (χ1n) is 6.03. The number of hydrogen-bond acceptors (Lipinski definition) is 3. The number of benzene rings is 1. The van der Waals surface area contributed by atoms with Crippen LogP contribution in [0.3, 0.4) is 0 Å². The maximum atomic E-state index is 12.0. The number of carbonyl (C=O) groups excluding carboxylic acids is 2. The van der Waals surface area contributed by atoms with Crippen LogP contribution in [0.5, 0.6) is 0 Å². The molecule has 0 aliphatic carbocycles. The standard InChI is InChI=1S/C14H11BrN2O2/c15-12-6-8-2-1-3-9(11(8)7-16-12)10-4-5-13(18)17-14(10)19/h1-3,6-7,10H,4-5H2,(H,17,18,19). The topological polar surface area (TPSA) is 59.1 Å². The summed E-state index contributed by atoms with van der Waals surface area (Å²) in [5.74, 6) is -0.682. The first-order chi connectivity index (χ1) is 9.15. The summed E-state index contributed by atoms with van der Waals surface area (Å²) in [6.45, 7) is 0. The van der Waals surface area contributed by atoms with E-state index in [9.17, 15) is 9.59 Å². The minimum absolute atomic E-state index is 0.192. The van der Waals surface area contributed by atoms with E-state index in [1.165, 1.54) is 0 Å². The van der Waals surface area contributed by atoms with Crippen molar-refractivity contribution in [2.24, 2.45) is 0 Å². The van der Waals surface area contributed by atoms with E-state index in [0.717, 1.165) is 20.9 Å². The van der Waals surface area contributed by atoms with Gasteiger partial charge in [-0.15, -0.1) is 0 Å². The molecule has 1 N–H and O–H groups in total. The number of fused-ring (bicyclic) bond motifs is 1. The Bertz CT molecular complexity index is 684. The SMILES string of the molecule is O=C1CCC(c2cccc3cc(Br)ncc23)C(=O)N1. The lowest BCUT2D eigenvalue weighted by molar-refractivity contribution is -0.134. The number of nitrogens with zero attached hydrogens (tertiary/aromatic N) is 1. The Morgan fingerprint density at radius 1 is 1.32 bits per heavy atom. The second-order valence-electron chi connectivity index (χ2n) is 4.58. The first kappa shape index (κ1) is 12.3. The maximum Gasteiger partial charge on any atom is 0.234 e. The fourth-order valence-electron chi connectivity index (χ4n) is 2.46. The largest absolute Gasteiger partial charge is 0.296 e. The minimum Gasteiger partial charge on any atom is -0.296 e. The number of rotatable bonds is 1. The number of piperidine rings is 1. The Labute approximate surface area is 118 Å². The normalized spacial score (nSPS) is 19.5. The molecular weight excluding hydrogens is 308 g/mol. The monoisotopic (exact) mass is 318 g/mol. The highest BCUT2D eigenvalue weighted by Gasteiger charge is 2.28. The molecule has 4 nitrogen and oxygen atoms in total. The van der Waals surface area contributed by atoms with Crippen molar-refractivity contribution in [3.05, 3.63) is 40.6 Å². The molecular formula is C14H11BrN2O2. The van der Waals surface area contributed by atoms with Gasteiger partial charge in [0.15, 0.2) is 0 Å². The number of amides is 2. The third-order valence-electron chi connectivity index (χ3n) is 3.38. The second-order valence-corrected chi connectivity index (χ2v) is 5.39. The van der Waals surface area contributed by atoms with Gasteiger partial charge in [-0.05, 0) is 39.4 Å². The molecule has 96 valence electrons. The van der Waals surface area contributed by atoms with Crippen molar-refractivity contribution in [3.63, 3.8) is 0 Å². The Kier molecular flexibility index (Phi) is 3.06. The van der Waals surface area contributed by atoms with E-state index in [2.05, 4.69) is 26.2 Å². The molecule has 3 rings (SSSR count). The van der Waals surface area contributed by atoms with Gasteiger partial charge in [-0.1, -0.05) is 18.2 Å². The molecule has 1 atom stereocenters. The summed E-state index contributed by atoms with van der Waals surface area (Å²) in [6, 6.07) is 7.76. The predicted molar refractivity (Wildman–Crippen MR) is 74.6 cm³/mol. The summed E-state index contributed by atoms with van der Waals surface area (Å²) in [6.07, 6.45) is 2.70. The van der Waals surface area contributed by atoms with Crippen LogP contribution in [-0.2, 0) is 9.59 Å². The summed E-state index contributed by atoms with van der Waals surface area (Å²) >= 11 is 3.34. The van der Waals surface area contributed by atoms with Crippen molar-refractivity contribution in [1.29, 1.82) is 0 Å². The van der Waals surface area contributed by atoms with Crippen LogP contribution in [0.4, 0.5) is 0 Å². The summed E-state index contributed by atoms with van der Waals surface area (Å²) in [7, 11) is 0. The van der Waals surface area contributed by atoms with Gasteiger partial charge >= 0.3 is 0 Å². The van der Waals surface area contributed by atoms with Gasteiger partial charge in [0, 0.05) is 18.0 Å². The van der Waals surface area contributed by atoms with Gasteiger partial charge in [-0.3, -0.25) is 14.9 Å². The van der Waals surface area contributed by atoms with E-state index in [-0.39, 0.29) is 17.7 Å². The molecule has 0 spiro atoms. The summed E-state index contributed by atoms with van der Waals surface area (Å²) in [4.78, 5) is 27.4. The van der Waals surface area contributed by atoms with Crippen LogP contribution in [0.25, 0.3) is 10.8 Å². The number of imide groups is 1. The van der Waals surface area contributed by atoms with Gasteiger partial charge in [-0.25, -0.2) is 4.98 Å². The molecule has 1 aromatic heterocycles. The molecule has 2 heterocycles. The molecule has 0 bridgehead atoms. The van der Waals surface area contributed by atoms with E-state index in [4.69, 9.17) is 0 Å². The molecule has 1 aliphatic rings. The van der Waals surface area contributed by atoms with E-state index < -0.39 is 0 Å². The van der Waals surface area contributed by atoms with E-state index in [0.29, 0.717) is 12.8 Å².